The highest BCUT2D eigenvalue weighted by Gasteiger charge is 2.38. The summed E-state index contributed by atoms with van der Waals surface area (Å²) in [6.07, 6.45) is 1.96. The molecule has 0 unspecified atom stereocenters. The lowest BCUT2D eigenvalue weighted by molar-refractivity contribution is -0.123. The molecule has 21 heavy (non-hydrogen) atoms. The van der Waals surface area contributed by atoms with E-state index >= 15 is 0 Å². The molecule has 1 aromatic rings. The molecule has 2 rings (SSSR count). The molecule has 1 aliphatic rings. The van der Waals surface area contributed by atoms with Gasteiger partial charge in [-0.25, -0.2) is 9.69 Å². The first kappa shape index (κ1) is 14.8. The first-order valence-electron chi connectivity index (χ1n) is 6.92. The fourth-order valence-electron chi connectivity index (χ4n) is 2.11. The van der Waals surface area contributed by atoms with Gasteiger partial charge < -0.3 is 4.74 Å². The molecule has 0 aliphatic carbocycles. The molecule has 0 bridgehead atoms. The van der Waals surface area contributed by atoms with Crippen molar-refractivity contribution in [1.82, 2.24) is 4.90 Å². The Morgan fingerprint density at radius 3 is 2.57 bits per heavy atom. The zero-order chi connectivity index (χ0) is 15.2. The van der Waals surface area contributed by atoms with E-state index in [1.807, 2.05) is 19.1 Å². The monoisotopic (exact) mass is 284 g/mol. The lowest BCUT2D eigenvalue weighted by Crippen LogP contribution is -2.29. The van der Waals surface area contributed by atoms with Crippen molar-refractivity contribution in [2.24, 2.45) is 0 Å². The summed E-state index contributed by atoms with van der Waals surface area (Å²) < 4.78 is 5.02. The third-order valence-electron chi connectivity index (χ3n) is 3.24. The van der Waals surface area contributed by atoms with Crippen molar-refractivity contribution in [2.75, 3.05) is 6.54 Å². The van der Waals surface area contributed by atoms with Crippen LogP contribution in [-0.4, -0.2) is 23.4 Å². The Kier molecular flexibility index (Phi) is 4.72. The number of hydrogen-bond acceptors (Lipinski definition) is 4. The lowest BCUT2D eigenvalue weighted by Gasteiger charge is -2.08. The molecule has 0 atom stereocenters. The third kappa shape index (κ3) is 3.11. The molecule has 1 aliphatic heterocycles. The van der Waals surface area contributed by atoms with Crippen molar-refractivity contribution in [2.45, 2.75) is 26.2 Å². The van der Waals surface area contributed by atoms with Gasteiger partial charge in [0.05, 0.1) is 0 Å². The molecule has 0 radical (unpaired) electrons. The normalized spacial score (nSPS) is 16.7. The van der Waals surface area contributed by atoms with Crippen molar-refractivity contribution in [3.63, 3.8) is 0 Å². The quantitative estimate of drug-likeness (QED) is 0.473. The molecule has 0 N–H and O–H groups in total. The zero-order valence-corrected chi connectivity index (χ0v) is 11.8. The van der Waals surface area contributed by atoms with Gasteiger partial charge in [0.1, 0.15) is 11.6 Å². The highest BCUT2D eigenvalue weighted by molar-refractivity contribution is 6.13. The predicted octanol–water partition coefficient (Wildman–Crippen LogP) is 3.09. The molecule has 5 heteroatoms. The summed E-state index contributed by atoms with van der Waals surface area (Å²) in [5.74, 6) is -0.707. The van der Waals surface area contributed by atoms with Gasteiger partial charge in [-0.2, -0.15) is 5.26 Å². The van der Waals surface area contributed by atoms with Gasteiger partial charge >= 0.3 is 12.0 Å². The van der Waals surface area contributed by atoms with E-state index in [9.17, 15) is 14.9 Å². The number of allylic oxidation sites excluding steroid dienone is 1. The molecular formula is C16H16N2O3. The number of hydrogen-bond donors (Lipinski definition) is 0. The number of amides is 2. The number of benzene rings is 1. The average Bonchev–Trinajstić information content (AvgIpc) is 2.77. The molecule has 1 heterocycles. The molecule has 1 fully saturated rings. The van der Waals surface area contributed by atoms with E-state index in [1.54, 1.807) is 24.3 Å². The maximum Gasteiger partial charge on any atom is 0.422 e. The minimum Gasteiger partial charge on any atom is -0.402 e. The zero-order valence-electron chi connectivity index (χ0n) is 11.8. The summed E-state index contributed by atoms with van der Waals surface area (Å²) in [6, 6.07) is 10.7. The van der Waals surface area contributed by atoms with Crippen LogP contribution in [0.2, 0.25) is 0 Å². The van der Waals surface area contributed by atoms with Crippen LogP contribution in [-0.2, 0) is 9.53 Å². The number of imide groups is 1. The van der Waals surface area contributed by atoms with Crippen LogP contribution in [0.3, 0.4) is 0 Å². The van der Waals surface area contributed by atoms with E-state index < -0.39 is 12.0 Å². The molecule has 2 amide bonds. The van der Waals surface area contributed by atoms with Gasteiger partial charge in [-0.1, -0.05) is 50.1 Å². The number of ether oxygens (including phenoxy) is 1. The Hall–Kier alpha value is -2.61. The Morgan fingerprint density at radius 2 is 1.95 bits per heavy atom. The van der Waals surface area contributed by atoms with Crippen molar-refractivity contribution in [3.8, 4) is 6.07 Å². The van der Waals surface area contributed by atoms with Crippen molar-refractivity contribution >= 4 is 17.6 Å². The van der Waals surface area contributed by atoms with Gasteiger partial charge in [0, 0.05) is 6.54 Å². The fourth-order valence-corrected chi connectivity index (χ4v) is 2.11. The Balaban J connectivity index is 2.28. The van der Waals surface area contributed by atoms with E-state index in [-0.39, 0.29) is 11.3 Å². The highest BCUT2D eigenvalue weighted by atomic mass is 16.6. The number of nitrogens with zero attached hydrogens (tertiary/aromatic N) is 2. The second kappa shape index (κ2) is 6.71. The highest BCUT2D eigenvalue weighted by Crippen LogP contribution is 2.26. The molecule has 1 saturated heterocycles. The second-order valence-corrected chi connectivity index (χ2v) is 4.71. The SMILES string of the molecule is CCCCCN1C(=O)OC(=C(C#N)c2ccccc2)C1=O. The van der Waals surface area contributed by atoms with Crippen LogP contribution in [0.15, 0.2) is 36.1 Å². The Labute approximate surface area is 123 Å². The number of carbonyl (C=O) groups is 2. The van der Waals surface area contributed by atoms with Crippen LogP contribution in [0.4, 0.5) is 4.79 Å². The summed E-state index contributed by atoms with van der Waals surface area (Å²) >= 11 is 0. The maximum absolute atomic E-state index is 12.3. The number of nitriles is 1. The van der Waals surface area contributed by atoms with E-state index in [0.29, 0.717) is 12.1 Å². The second-order valence-electron chi connectivity index (χ2n) is 4.71. The Morgan fingerprint density at radius 1 is 1.24 bits per heavy atom. The maximum atomic E-state index is 12.3. The summed E-state index contributed by atoms with van der Waals surface area (Å²) in [4.78, 5) is 25.1. The summed E-state index contributed by atoms with van der Waals surface area (Å²) in [5.41, 5.74) is 0.651. The van der Waals surface area contributed by atoms with Gasteiger partial charge in [0.25, 0.3) is 0 Å². The predicted molar refractivity (Wildman–Crippen MR) is 76.7 cm³/mol. The lowest BCUT2D eigenvalue weighted by atomic mass is 10.1. The topological polar surface area (TPSA) is 70.4 Å². The molecule has 0 spiro atoms. The number of unbranched alkanes of at least 4 members (excludes halogenated alkanes) is 2. The standard InChI is InChI=1S/C16H16N2O3/c1-2-3-7-10-18-15(19)14(21-16(18)20)13(11-17)12-8-5-4-6-9-12/h4-6,8-9H,2-3,7,10H2,1H3. The third-order valence-corrected chi connectivity index (χ3v) is 3.24. The van der Waals surface area contributed by atoms with Gasteiger partial charge in [-0.15, -0.1) is 0 Å². The number of carbonyl (C=O) groups excluding carboxylic acids is 2. The van der Waals surface area contributed by atoms with E-state index in [4.69, 9.17) is 4.74 Å². The largest absolute Gasteiger partial charge is 0.422 e. The first-order chi connectivity index (χ1) is 10.2. The summed E-state index contributed by atoms with van der Waals surface area (Å²) in [7, 11) is 0. The van der Waals surface area contributed by atoms with Gasteiger partial charge in [0.2, 0.25) is 5.76 Å². The van der Waals surface area contributed by atoms with Crippen LogP contribution >= 0.6 is 0 Å². The van der Waals surface area contributed by atoms with E-state index in [1.165, 1.54) is 0 Å². The van der Waals surface area contributed by atoms with Crippen LogP contribution in [0.5, 0.6) is 0 Å². The van der Waals surface area contributed by atoms with Crippen molar-refractivity contribution in [1.29, 1.82) is 5.26 Å². The summed E-state index contributed by atoms with van der Waals surface area (Å²) in [5, 5.41) is 9.27. The average molecular weight is 284 g/mol. The van der Waals surface area contributed by atoms with Gasteiger partial charge in [-0.05, 0) is 12.0 Å². The minimum absolute atomic E-state index is 0.0898. The van der Waals surface area contributed by atoms with Crippen LogP contribution in [0.1, 0.15) is 31.7 Å². The van der Waals surface area contributed by atoms with Gasteiger partial charge in [0.15, 0.2) is 0 Å². The Bertz CT molecular complexity index is 614. The van der Waals surface area contributed by atoms with E-state index in [0.717, 1.165) is 24.2 Å². The van der Waals surface area contributed by atoms with Crippen molar-refractivity contribution < 1.29 is 14.3 Å². The number of rotatable bonds is 5. The molecule has 0 aromatic heterocycles. The number of cyclic esters (lactones) is 1. The summed E-state index contributed by atoms with van der Waals surface area (Å²) in [6.45, 7) is 2.36. The van der Waals surface area contributed by atoms with Crippen LogP contribution < -0.4 is 0 Å². The molecule has 108 valence electrons. The minimum atomic E-state index is -0.699. The fraction of sp³-hybridized carbons (Fsp3) is 0.312. The van der Waals surface area contributed by atoms with Gasteiger partial charge in [-0.3, -0.25) is 4.79 Å². The molecule has 5 nitrogen and oxygen atoms in total. The van der Waals surface area contributed by atoms with Crippen LogP contribution in [0, 0.1) is 11.3 Å². The van der Waals surface area contributed by atoms with Crippen LogP contribution in [0.25, 0.3) is 5.57 Å². The first-order valence-corrected chi connectivity index (χ1v) is 6.92. The molecular weight excluding hydrogens is 268 g/mol. The van der Waals surface area contributed by atoms with E-state index in [2.05, 4.69) is 0 Å². The molecule has 0 saturated carbocycles. The smallest absolute Gasteiger partial charge is 0.402 e. The molecule has 1 aromatic carbocycles. The van der Waals surface area contributed by atoms with Crippen molar-refractivity contribution in [3.05, 3.63) is 41.7 Å².